The van der Waals surface area contributed by atoms with Crippen molar-refractivity contribution in [3.05, 3.63) is 60.4 Å². The van der Waals surface area contributed by atoms with Crippen LogP contribution in [0.5, 0.6) is 5.75 Å². The van der Waals surface area contributed by atoms with Crippen molar-refractivity contribution in [3.63, 3.8) is 0 Å². The van der Waals surface area contributed by atoms with Gasteiger partial charge in [-0.1, -0.05) is 25.1 Å². The molecule has 0 radical (unpaired) electrons. The Balaban J connectivity index is 1.56. The summed E-state index contributed by atoms with van der Waals surface area (Å²) in [7, 11) is 1.68. The standard InChI is InChI=1S/C27H34N8O5/c1-18-13-35(19(2)16-36)26(38)12-20-11-22(29-25(37)15-34-17-28-31-32-34)9-10-23(20)40-24(18)14-33(3)27(39)30-21-7-5-4-6-8-21/h4-11,17-19,24,36H,12-16H2,1-3H3,(H,29,37)(H,30,39)/t18-,19+,24+/m0/s1. The number of aromatic nitrogens is 4. The number of likely N-dealkylation sites (N-methyl/N-ethyl adjacent to an activating group) is 1. The number of amides is 4. The molecule has 13 heteroatoms. The molecule has 0 saturated carbocycles. The maximum Gasteiger partial charge on any atom is 0.321 e. The molecule has 0 saturated heterocycles. The molecule has 40 heavy (non-hydrogen) atoms. The molecule has 3 N–H and O–H groups in total. The monoisotopic (exact) mass is 550 g/mol. The largest absolute Gasteiger partial charge is 0.488 e. The van der Waals surface area contributed by atoms with Gasteiger partial charge in [0.1, 0.15) is 24.7 Å². The summed E-state index contributed by atoms with van der Waals surface area (Å²) in [6.45, 7) is 4.06. The number of rotatable bonds is 8. The fraction of sp³-hybridized carbons (Fsp3) is 0.407. The minimum absolute atomic E-state index is 0.0140. The maximum absolute atomic E-state index is 13.4. The van der Waals surface area contributed by atoms with Crippen molar-refractivity contribution in [2.75, 3.05) is 37.4 Å². The number of hydrogen-bond donors (Lipinski definition) is 3. The summed E-state index contributed by atoms with van der Waals surface area (Å²) in [4.78, 5) is 41.9. The van der Waals surface area contributed by atoms with Crippen LogP contribution < -0.4 is 15.4 Å². The Hall–Kier alpha value is -4.52. The van der Waals surface area contributed by atoms with E-state index in [-0.39, 0.29) is 49.9 Å². The second-order valence-electron chi connectivity index (χ2n) is 9.94. The van der Waals surface area contributed by atoms with Gasteiger partial charge in [0.15, 0.2) is 0 Å². The predicted molar refractivity (Wildman–Crippen MR) is 147 cm³/mol. The molecule has 0 unspecified atom stereocenters. The summed E-state index contributed by atoms with van der Waals surface area (Å²) in [6, 6.07) is 13.6. The number of tetrazole rings is 1. The molecule has 0 aliphatic carbocycles. The fourth-order valence-electron chi connectivity index (χ4n) is 4.42. The summed E-state index contributed by atoms with van der Waals surface area (Å²) in [5.74, 6) is -0.201. The van der Waals surface area contributed by atoms with Gasteiger partial charge < -0.3 is 30.3 Å². The molecule has 0 bridgehead atoms. The number of nitrogens with zero attached hydrogens (tertiary/aromatic N) is 6. The van der Waals surface area contributed by atoms with Gasteiger partial charge in [-0.3, -0.25) is 9.59 Å². The van der Waals surface area contributed by atoms with Crippen LogP contribution in [0.2, 0.25) is 0 Å². The van der Waals surface area contributed by atoms with E-state index < -0.39 is 12.1 Å². The van der Waals surface area contributed by atoms with Crippen molar-refractivity contribution in [2.45, 2.75) is 39.0 Å². The van der Waals surface area contributed by atoms with Gasteiger partial charge in [-0.05, 0) is 47.7 Å². The first-order chi connectivity index (χ1) is 19.2. The number of hydrogen-bond acceptors (Lipinski definition) is 8. The molecule has 3 aromatic rings. The van der Waals surface area contributed by atoms with Crippen molar-refractivity contribution in [2.24, 2.45) is 5.92 Å². The van der Waals surface area contributed by atoms with Crippen molar-refractivity contribution < 1.29 is 24.2 Å². The number of fused-ring (bicyclic) bond motifs is 1. The Morgan fingerprint density at radius 1 is 1.18 bits per heavy atom. The smallest absolute Gasteiger partial charge is 0.321 e. The van der Waals surface area contributed by atoms with E-state index in [1.54, 1.807) is 54.1 Å². The number of anilines is 2. The van der Waals surface area contributed by atoms with Gasteiger partial charge in [-0.15, -0.1) is 5.10 Å². The normalized spacial score (nSPS) is 17.9. The highest BCUT2D eigenvalue weighted by Gasteiger charge is 2.32. The molecule has 4 rings (SSSR count). The van der Waals surface area contributed by atoms with E-state index in [9.17, 15) is 19.5 Å². The zero-order valence-corrected chi connectivity index (χ0v) is 22.7. The molecule has 1 aliphatic heterocycles. The number of nitrogens with one attached hydrogen (secondary N) is 2. The SMILES string of the molecule is C[C@H](CO)N1C[C@H](C)[C@@H](CN(C)C(=O)Nc2ccccc2)Oc2ccc(NC(=O)Cn3cnnn3)cc2CC1=O. The summed E-state index contributed by atoms with van der Waals surface area (Å²) >= 11 is 0. The van der Waals surface area contributed by atoms with Crippen molar-refractivity contribution in [3.8, 4) is 5.75 Å². The van der Waals surface area contributed by atoms with Crippen LogP contribution in [0.3, 0.4) is 0 Å². The second-order valence-corrected chi connectivity index (χ2v) is 9.94. The lowest BCUT2D eigenvalue weighted by Crippen LogP contribution is -2.48. The molecule has 13 nitrogen and oxygen atoms in total. The summed E-state index contributed by atoms with van der Waals surface area (Å²) in [5, 5.41) is 26.2. The number of benzene rings is 2. The van der Waals surface area contributed by atoms with Crippen LogP contribution in [0, 0.1) is 5.92 Å². The van der Waals surface area contributed by atoms with Gasteiger partial charge in [0.05, 0.1) is 25.6 Å². The average molecular weight is 551 g/mol. The maximum atomic E-state index is 13.4. The molecule has 2 aromatic carbocycles. The van der Waals surface area contributed by atoms with Crippen molar-refractivity contribution >= 4 is 29.2 Å². The molecule has 1 aromatic heterocycles. The van der Waals surface area contributed by atoms with Crippen LogP contribution >= 0.6 is 0 Å². The molecular formula is C27H34N8O5. The molecular weight excluding hydrogens is 516 g/mol. The Kier molecular flexibility index (Phi) is 9.27. The van der Waals surface area contributed by atoms with Gasteiger partial charge in [-0.25, -0.2) is 9.48 Å². The summed E-state index contributed by atoms with van der Waals surface area (Å²) < 4.78 is 7.75. The van der Waals surface area contributed by atoms with Crippen LogP contribution in [0.4, 0.5) is 16.2 Å². The topological polar surface area (TPSA) is 155 Å². The summed E-state index contributed by atoms with van der Waals surface area (Å²) in [5.41, 5.74) is 1.74. The summed E-state index contributed by atoms with van der Waals surface area (Å²) in [6.07, 6.45) is 0.885. The van der Waals surface area contributed by atoms with Gasteiger partial charge in [-0.2, -0.15) is 0 Å². The van der Waals surface area contributed by atoms with E-state index in [2.05, 4.69) is 26.2 Å². The molecule has 212 valence electrons. The highest BCUT2D eigenvalue weighted by molar-refractivity contribution is 5.91. The Bertz CT molecular complexity index is 1300. The number of ether oxygens (including phenoxy) is 1. The predicted octanol–water partition coefficient (Wildman–Crippen LogP) is 1.62. The first-order valence-corrected chi connectivity index (χ1v) is 13.0. The van der Waals surface area contributed by atoms with E-state index in [0.29, 0.717) is 29.2 Å². The number of urea groups is 1. The van der Waals surface area contributed by atoms with E-state index in [1.165, 1.54) is 11.0 Å². The lowest BCUT2D eigenvalue weighted by molar-refractivity contribution is -0.134. The van der Waals surface area contributed by atoms with E-state index >= 15 is 0 Å². The van der Waals surface area contributed by atoms with Crippen molar-refractivity contribution in [1.29, 1.82) is 0 Å². The zero-order chi connectivity index (χ0) is 28.6. The molecule has 1 aliphatic rings. The first kappa shape index (κ1) is 28.5. The molecule has 0 fully saturated rings. The highest BCUT2D eigenvalue weighted by Crippen LogP contribution is 2.29. The third kappa shape index (κ3) is 7.32. The fourth-order valence-corrected chi connectivity index (χ4v) is 4.42. The Labute approximate surface area is 232 Å². The number of carbonyl (C=O) groups excluding carboxylic acids is 3. The third-order valence-corrected chi connectivity index (χ3v) is 6.72. The van der Waals surface area contributed by atoms with Crippen molar-refractivity contribution in [1.82, 2.24) is 30.0 Å². The van der Waals surface area contributed by atoms with E-state index in [0.717, 1.165) is 0 Å². The minimum atomic E-state index is -0.468. The van der Waals surface area contributed by atoms with Crippen LogP contribution in [-0.4, -0.2) is 91.8 Å². The lowest BCUT2D eigenvalue weighted by atomic mass is 10.0. The molecule has 2 heterocycles. The Morgan fingerprint density at radius 2 is 1.95 bits per heavy atom. The molecule has 4 amide bonds. The molecule has 0 spiro atoms. The Morgan fingerprint density at radius 3 is 2.65 bits per heavy atom. The van der Waals surface area contributed by atoms with Gasteiger partial charge in [0, 0.05) is 36.4 Å². The second kappa shape index (κ2) is 13.0. The zero-order valence-electron chi connectivity index (χ0n) is 22.7. The van der Waals surface area contributed by atoms with Crippen LogP contribution in [0.1, 0.15) is 19.4 Å². The average Bonchev–Trinajstić information content (AvgIpc) is 3.45. The van der Waals surface area contributed by atoms with E-state index in [4.69, 9.17) is 4.74 Å². The number of aliphatic hydroxyl groups is 1. The van der Waals surface area contributed by atoms with Gasteiger partial charge in [0.2, 0.25) is 11.8 Å². The highest BCUT2D eigenvalue weighted by atomic mass is 16.5. The lowest BCUT2D eigenvalue weighted by Gasteiger charge is -2.34. The quantitative estimate of drug-likeness (QED) is 0.382. The van der Waals surface area contributed by atoms with Gasteiger partial charge in [0.25, 0.3) is 0 Å². The first-order valence-electron chi connectivity index (χ1n) is 13.0. The number of carbonyl (C=O) groups is 3. The molecule has 3 atom stereocenters. The van der Waals surface area contributed by atoms with Crippen LogP contribution in [-0.2, 0) is 22.6 Å². The third-order valence-electron chi connectivity index (χ3n) is 6.72. The van der Waals surface area contributed by atoms with Crippen LogP contribution in [0.25, 0.3) is 0 Å². The van der Waals surface area contributed by atoms with Gasteiger partial charge >= 0.3 is 6.03 Å². The number of para-hydroxylation sites is 1. The van der Waals surface area contributed by atoms with Crippen LogP contribution in [0.15, 0.2) is 54.9 Å². The number of aliphatic hydroxyl groups excluding tert-OH is 1. The minimum Gasteiger partial charge on any atom is -0.488 e. The van der Waals surface area contributed by atoms with E-state index in [1.807, 2.05) is 25.1 Å².